The molecule has 0 aromatic heterocycles. The summed E-state index contributed by atoms with van der Waals surface area (Å²) in [4.78, 5) is 14.2. The summed E-state index contributed by atoms with van der Waals surface area (Å²) in [6.45, 7) is 5.43. The number of piperidine rings is 1. The van der Waals surface area contributed by atoms with Gasteiger partial charge in [-0.2, -0.15) is 0 Å². The number of benzene rings is 1. The van der Waals surface area contributed by atoms with Crippen LogP contribution < -0.4 is 9.64 Å². The van der Waals surface area contributed by atoms with Gasteiger partial charge in [-0.05, 0) is 38.8 Å². The number of hydrogen-bond acceptors (Lipinski definition) is 4. The predicted octanol–water partition coefficient (Wildman–Crippen LogP) is 2.90. The molecule has 1 aromatic carbocycles. The summed E-state index contributed by atoms with van der Waals surface area (Å²) in [6.07, 6.45) is 2.10. The summed E-state index contributed by atoms with van der Waals surface area (Å²) < 4.78 is 11.0. The molecular weight excluding hydrogens is 254 g/mol. The lowest BCUT2D eigenvalue weighted by molar-refractivity contribution is -0.00469. The van der Waals surface area contributed by atoms with Crippen molar-refractivity contribution in [2.45, 2.75) is 32.3 Å². The van der Waals surface area contributed by atoms with Crippen LogP contribution in [0, 0.1) is 0 Å². The van der Waals surface area contributed by atoms with Crippen molar-refractivity contribution in [3.63, 3.8) is 0 Å². The van der Waals surface area contributed by atoms with Gasteiger partial charge in [0.1, 0.15) is 5.75 Å². The maximum absolute atomic E-state index is 12.0. The molecule has 1 saturated heterocycles. The SMILES string of the molecule is COc1cccc(N2CCCC(C)(OC)C2)c1C(C)=O. The Bertz CT molecular complexity index is 500. The standard InChI is InChI=1S/C16H23NO3/c1-12(18)15-13(7-5-8-14(15)19-3)17-10-6-9-16(2,11-17)20-4/h5,7-8H,6,9-11H2,1-4H3. The summed E-state index contributed by atoms with van der Waals surface area (Å²) in [7, 11) is 3.35. The van der Waals surface area contributed by atoms with Crippen LogP contribution in [0.3, 0.4) is 0 Å². The van der Waals surface area contributed by atoms with Gasteiger partial charge in [0.2, 0.25) is 0 Å². The number of Topliss-reactive ketones (excluding diaryl/α,β-unsaturated/α-hetero) is 1. The van der Waals surface area contributed by atoms with Crippen LogP contribution in [0.15, 0.2) is 18.2 Å². The lowest BCUT2D eigenvalue weighted by Crippen LogP contribution is -2.47. The number of carbonyl (C=O) groups excluding carboxylic acids is 1. The van der Waals surface area contributed by atoms with Crippen LogP contribution in [-0.4, -0.2) is 38.7 Å². The fourth-order valence-corrected chi connectivity index (χ4v) is 2.88. The van der Waals surface area contributed by atoms with E-state index in [9.17, 15) is 4.79 Å². The average Bonchev–Trinajstić information content (AvgIpc) is 2.46. The molecule has 0 aliphatic carbocycles. The van der Waals surface area contributed by atoms with E-state index in [1.165, 1.54) is 0 Å². The van der Waals surface area contributed by atoms with Gasteiger partial charge in [0.05, 0.1) is 24.0 Å². The van der Waals surface area contributed by atoms with Crippen molar-refractivity contribution >= 4 is 11.5 Å². The van der Waals surface area contributed by atoms with Crippen LogP contribution in [0.5, 0.6) is 5.75 Å². The van der Waals surface area contributed by atoms with Crippen molar-refractivity contribution in [2.24, 2.45) is 0 Å². The Hall–Kier alpha value is -1.55. The van der Waals surface area contributed by atoms with Crippen LogP contribution in [0.25, 0.3) is 0 Å². The van der Waals surface area contributed by atoms with E-state index in [0.29, 0.717) is 11.3 Å². The van der Waals surface area contributed by atoms with Gasteiger partial charge < -0.3 is 14.4 Å². The molecule has 110 valence electrons. The molecule has 0 radical (unpaired) electrons. The van der Waals surface area contributed by atoms with E-state index in [1.54, 1.807) is 21.1 Å². The molecule has 1 atom stereocenters. The average molecular weight is 277 g/mol. The van der Waals surface area contributed by atoms with Crippen molar-refractivity contribution < 1.29 is 14.3 Å². The van der Waals surface area contributed by atoms with E-state index in [2.05, 4.69) is 11.8 Å². The van der Waals surface area contributed by atoms with Crippen LogP contribution in [0.4, 0.5) is 5.69 Å². The minimum atomic E-state index is -0.157. The van der Waals surface area contributed by atoms with Crippen molar-refractivity contribution in [1.82, 2.24) is 0 Å². The number of ether oxygens (including phenoxy) is 2. The largest absolute Gasteiger partial charge is 0.496 e. The first kappa shape index (κ1) is 14.9. The molecule has 20 heavy (non-hydrogen) atoms. The molecule has 0 bridgehead atoms. The van der Waals surface area contributed by atoms with Gasteiger partial charge in [0, 0.05) is 20.2 Å². The molecule has 0 spiro atoms. The number of carbonyl (C=O) groups is 1. The summed E-state index contributed by atoms with van der Waals surface area (Å²) >= 11 is 0. The smallest absolute Gasteiger partial charge is 0.165 e. The van der Waals surface area contributed by atoms with Gasteiger partial charge in [-0.1, -0.05) is 6.07 Å². The fourth-order valence-electron chi connectivity index (χ4n) is 2.88. The molecule has 0 amide bonds. The van der Waals surface area contributed by atoms with Crippen LogP contribution in [0.1, 0.15) is 37.0 Å². The lowest BCUT2D eigenvalue weighted by atomic mass is 9.93. The van der Waals surface area contributed by atoms with Gasteiger partial charge in [-0.3, -0.25) is 4.79 Å². The summed E-state index contributed by atoms with van der Waals surface area (Å²) in [5.41, 5.74) is 1.45. The number of hydrogen-bond donors (Lipinski definition) is 0. The van der Waals surface area contributed by atoms with Crippen molar-refractivity contribution in [3.8, 4) is 5.75 Å². The molecule has 2 rings (SSSR count). The molecule has 0 saturated carbocycles. The highest BCUT2D eigenvalue weighted by atomic mass is 16.5. The second-order valence-electron chi connectivity index (χ2n) is 5.59. The van der Waals surface area contributed by atoms with E-state index < -0.39 is 0 Å². The van der Waals surface area contributed by atoms with Gasteiger partial charge in [-0.15, -0.1) is 0 Å². The van der Waals surface area contributed by atoms with Crippen molar-refractivity contribution in [2.75, 3.05) is 32.2 Å². The van der Waals surface area contributed by atoms with Crippen molar-refractivity contribution in [3.05, 3.63) is 23.8 Å². The van der Waals surface area contributed by atoms with E-state index in [4.69, 9.17) is 9.47 Å². The predicted molar refractivity (Wildman–Crippen MR) is 79.9 cm³/mol. The fraction of sp³-hybridized carbons (Fsp3) is 0.562. The molecule has 1 heterocycles. The molecule has 4 nitrogen and oxygen atoms in total. The molecular formula is C16H23NO3. The van der Waals surface area contributed by atoms with Gasteiger partial charge in [0.15, 0.2) is 5.78 Å². The molecule has 4 heteroatoms. The zero-order valence-corrected chi connectivity index (χ0v) is 12.7. The molecule has 1 aliphatic rings. The Morgan fingerprint density at radius 2 is 2.10 bits per heavy atom. The minimum Gasteiger partial charge on any atom is -0.496 e. The highest BCUT2D eigenvalue weighted by Crippen LogP contribution is 2.34. The Balaban J connectivity index is 2.39. The zero-order chi connectivity index (χ0) is 14.8. The third-order valence-corrected chi connectivity index (χ3v) is 4.07. The molecule has 1 aliphatic heterocycles. The van der Waals surface area contributed by atoms with Crippen LogP contribution in [0.2, 0.25) is 0 Å². The maximum Gasteiger partial charge on any atom is 0.165 e. The van der Waals surface area contributed by atoms with Crippen LogP contribution in [-0.2, 0) is 4.74 Å². The first-order valence-corrected chi connectivity index (χ1v) is 6.99. The van der Waals surface area contributed by atoms with E-state index >= 15 is 0 Å². The number of anilines is 1. The van der Waals surface area contributed by atoms with Gasteiger partial charge in [-0.25, -0.2) is 0 Å². The maximum atomic E-state index is 12.0. The Morgan fingerprint density at radius 1 is 1.35 bits per heavy atom. The second kappa shape index (κ2) is 5.83. The first-order chi connectivity index (χ1) is 9.50. The Labute approximate surface area is 120 Å². The monoisotopic (exact) mass is 277 g/mol. The summed E-state index contributed by atoms with van der Waals surface area (Å²) in [6, 6.07) is 5.75. The summed E-state index contributed by atoms with van der Waals surface area (Å²) in [5, 5.41) is 0. The van der Waals surface area contributed by atoms with E-state index in [0.717, 1.165) is 31.6 Å². The topological polar surface area (TPSA) is 38.8 Å². The van der Waals surface area contributed by atoms with Crippen LogP contribution >= 0.6 is 0 Å². The zero-order valence-electron chi connectivity index (χ0n) is 12.7. The van der Waals surface area contributed by atoms with Gasteiger partial charge in [0.25, 0.3) is 0 Å². The molecule has 0 N–H and O–H groups in total. The normalized spacial score (nSPS) is 22.7. The third kappa shape index (κ3) is 2.80. The van der Waals surface area contributed by atoms with E-state index in [-0.39, 0.29) is 11.4 Å². The number of rotatable bonds is 4. The molecule has 1 aromatic rings. The Kier molecular flexibility index (Phi) is 4.33. The van der Waals surface area contributed by atoms with E-state index in [1.807, 2.05) is 18.2 Å². The van der Waals surface area contributed by atoms with Crippen molar-refractivity contribution in [1.29, 1.82) is 0 Å². The van der Waals surface area contributed by atoms with Gasteiger partial charge >= 0.3 is 0 Å². The number of ketones is 1. The third-order valence-electron chi connectivity index (χ3n) is 4.07. The highest BCUT2D eigenvalue weighted by molar-refractivity contribution is 6.02. The molecule has 1 fully saturated rings. The number of methoxy groups -OCH3 is 2. The summed E-state index contributed by atoms with van der Waals surface area (Å²) in [5.74, 6) is 0.668. The lowest BCUT2D eigenvalue weighted by Gasteiger charge is -2.41. The number of nitrogens with zero attached hydrogens (tertiary/aromatic N) is 1. The molecule has 1 unspecified atom stereocenters. The Morgan fingerprint density at radius 3 is 2.70 bits per heavy atom. The first-order valence-electron chi connectivity index (χ1n) is 6.99. The highest BCUT2D eigenvalue weighted by Gasteiger charge is 2.32. The quantitative estimate of drug-likeness (QED) is 0.793. The second-order valence-corrected chi connectivity index (χ2v) is 5.59. The minimum absolute atomic E-state index is 0.0298.